The van der Waals surface area contributed by atoms with Crippen LogP contribution in [0.3, 0.4) is 0 Å². The smallest absolute Gasteiger partial charge is 0.354 e. The van der Waals surface area contributed by atoms with Crippen LogP contribution >= 0.6 is 0 Å². The number of hydrogen-bond donors (Lipinski definition) is 1. The van der Waals surface area contributed by atoms with E-state index in [-0.39, 0.29) is 11.4 Å². The monoisotopic (exact) mass is 327 g/mol. The third-order valence-corrected chi connectivity index (χ3v) is 3.39. The van der Waals surface area contributed by atoms with Crippen molar-refractivity contribution in [1.29, 1.82) is 0 Å². The average Bonchev–Trinajstić information content (AvgIpc) is 2.46. The van der Waals surface area contributed by atoms with Gasteiger partial charge in [-0.25, -0.2) is 18.0 Å². The molecule has 0 unspecified atom stereocenters. The van der Waals surface area contributed by atoms with Crippen LogP contribution in [0.1, 0.15) is 5.56 Å². The van der Waals surface area contributed by atoms with E-state index in [9.17, 15) is 18.0 Å². The zero-order valence-electron chi connectivity index (χ0n) is 12.5. The second kappa shape index (κ2) is 7.60. The lowest BCUT2D eigenvalue weighted by Gasteiger charge is -2.09. The predicted octanol–water partition coefficient (Wildman–Crippen LogP) is 0.873. The van der Waals surface area contributed by atoms with Crippen molar-refractivity contribution in [2.45, 2.75) is 5.75 Å². The summed E-state index contributed by atoms with van der Waals surface area (Å²) in [6.07, 6.45) is 2.11. The summed E-state index contributed by atoms with van der Waals surface area (Å²) in [6.45, 7) is 0. The number of esters is 2. The first-order valence-corrected chi connectivity index (χ1v) is 8.23. The zero-order chi connectivity index (χ0) is 16.8. The fourth-order valence-electron chi connectivity index (χ4n) is 1.58. The lowest BCUT2D eigenvalue weighted by molar-refractivity contribution is -0.138. The SMILES string of the molecule is COC(=O)/C=C(/Nc1ccc(CS(C)(=O)=O)cc1)C(=O)OC. The number of carbonyl (C=O) groups excluding carboxylic acids is 2. The molecule has 1 aromatic rings. The minimum atomic E-state index is -3.12. The molecule has 1 rings (SSSR count). The Morgan fingerprint density at radius 1 is 1.14 bits per heavy atom. The molecule has 0 aliphatic rings. The van der Waals surface area contributed by atoms with Crippen LogP contribution in [0.15, 0.2) is 36.0 Å². The van der Waals surface area contributed by atoms with E-state index in [4.69, 9.17) is 0 Å². The van der Waals surface area contributed by atoms with E-state index in [1.807, 2.05) is 0 Å². The van der Waals surface area contributed by atoms with Crippen LogP contribution in [-0.4, -0.2) is 40.8 Å². The lowest BCUT2D eigenvalue weighted by atomic mass is 10.2. The molecule has 1 N–H and O–H groups in total. The van der Waals surface area contributed by atoms with Gasteiger partial charge in [-0.15, -0.1) is 0 Å². The van der Waals surface area contributed by atoms with Crippen LogP contribution in [0.25, 0.3) is 0 Å². The molecular formula is C14H17NO6S. The summed E-state index contributed by atoms with van der Waals surface area (Å²) in [5, 5.41) is 2.72. The summed E-state index contributed by atoms with van der Waals surface area (Å²) < 4.78 is 31.4. The molecule has 0 amide bonds. The van der Waals surface area contributed by atoms with Crippen molar-refractivity contribution in [3.8, 4) is 0 Å². The van der Waals surface area contributed by atoms with Crippen LogP contribution in [0.5, 0.6) is 0 Å². The maximum Gasteiger partial charge on any atom is 0.354 e. The van der Waals surface area contributed by atoms with Crippen LogP contribution < -0.4 is 5.32 Å². The van der Waals surface area contributed by atoms with Crippen molar-refractivity contribution in [1.82, 2.24) is 0 Å². The highest BCUT2D eigenvalue weighted by molar-refractivity contribution is 7.89. The van der Waals surface area contributed by atoms with Crippen LogP contribution in [0.4, 0.5) is 5.69 Å². The Bertz CT molecular complexity index is 676. The molecule has 0 heterocycles. The Hall–Kier alpha value is -2.35. The number of sulfone groups is 1. The Labute approximate surface area is 128 Å². The van der Waals surface area contributed by atoms with Gasteiger partial charge in [-0.3, -0.25) is 0 Å². The minimum Gasteiger partial charge on any atom is -0.466 e. The highest BCUT2D eigenvalue weighted by Crippen LogP contribution is 2.14. The number of anilines is 1. The Balaban J connectivity index is 2.93. The molecule has 0 spiro atoms. The molecule has 0 bridgehead atoms. The summed E-state index contributed by atoms with van der Waals surface area (Å²) in [5.41, 5.74) is 1.02. The fourth-order valence-corrected chi connectivity index (χ4v) is 2.37. The van der Waals surface area contributed by atoms with Gasteiger partial charge >= 0.3 is 11.9 Å². The molecule has 0 atom stereocenters. The van der Waals surface area contributed by atoms with E-state index < -0.39 is 21.8 Å². The third kappa shape index (κ3) is 5.96. The summed E-state index contributed by atoms with van der Waals surface area (Å²) in [5.74, 6) is -1.51. The van der Waals surface area contributed by atoms with Crippen LogP contribution in [-0.2, 0) is 34.7 Å². The van der Waals surface area contributed by atoms with Crippen molar-refractivity contribution in [3.05, 3.63) is 41.6 Å². The van der Waals surface area contributed by atoms with E-state index in [1.54, 1.807) is 24.3 Å². The van der Waals surface area contributed by atoms with Gasteiger partial charge in [0.05, 0.1) is 26.0 Å². The van der Waals surface area contributed by atoms with Gasteiger partial charge in [-0.1, -0.05) is 12.1 Å². The first kappa shape index (κ1) is 17.7. The Morgan fingerprint density at radius 3 is 2.18 bits per heavy atom. The molecule has 0 radical (unpaired) electrons. The Morgan fingerprint density at radius 2 is 1.73 bits per heavy atom. The van der Waals surface area contributed by atoms with Gasteiger partial charge in [0.1, 0.15) is 5.70 Å². The summed E-state index contributed by atoms with van der Waals surface area (Å²) in [7, 11) is -0.744. The number of hydrogen-bond acceptors (Lipinski definition) is 7. The van der Waals surface area contributed by atoms with Gasteiger partial charge in [-0.2, -0.15) is 0 Å². The molecule has 7 nitrogen and oxygen atoms in total. The minimum absolute atomic E-state index is 0.0743. The van der Waals surface area contributed by atoms with Crippen LogP contribution in [0, 0.1) is 0 Å². The maximum atomic E-state index is 11.6. The average molecular weight is 327 g/mol. The molecule has 120 valence electrons. The third-order valence-electron chi connectivity index (χ3n) is 2.53. The van der Waals surface area contributed by atoms with Crippen molar-refractivity contribution in [2.24, 2.45) is 0 Å². The first-order chi connectivity index (χ1) is 10.2. The van der Waals surface area contributed by atoms with E-state index >= 15 is 0 Å². The van der Waals surface area contributed by atoms with Gasteiger partial charge in [0.15, 0.2) is 9.84 Å². The number of nitrogens with one attached hydrogen (secondary N) is 1. The highest BCUT2D eigenvalue weighted by atomic mass is 32.2. The van der Waals surface area contributed by atoms with Crippen LogP contribution in [0.2, 0.25) is 0 Å². The van der Waals surface area contributed by atoms with Gasteiger partial charge in [0.2, 0.25) is 0 Å². The van der Waals surface area contributed by atoms with E-state index in [1.165, 1.54) is 14.2 Å². The largest absolute Gasteiger partial charge is 0.466 e. The highest BCUT2D eigenvalue weighted by Gasteiger charge is 2.13. The number of methoxy groups -OCH3 is 2. The first-order valence-electron chi connectivity index (χ1n) is 6.17. The number of ether oxygens (including phenoxy) is 2. The fraction of sp³-hybridized carbons (Fsp3) is 0.286. The van der Waals surface area contributed by atoms with E-state index in [0.29, 0.717) is 11.3 Å². The van der Waals surface area contributed by atoms with Gasteiger partial charge in [0, 0.05) is 11.9 Å². The molecule has 1 aromatic carbocycles. The summed E-state index contributed by atoms with van der Waals surface area (Å²) in [6, 6.07) is 6.40. The van der Waals surface area contributed by atoms with Gasteiger partial charge in [-0.05, 0) is 17.7 Å². The quantitative estimate of drug-likeness (QED) is 0.611. The summed E-state index contributed by atoms with van der Waals surface area (Å²) >= 11 is 0. The molecule has 0 saturated carbocycles. The molecule has 0 aliphatic carbocycles. The van der Waals surface area contributed by atoms with Crippen molar-refractivity contribution >= 4 is 27.5 Å². The molecule has 0 fully saturated rings. The normalized spacial score (nSPS) is 11.7. The predicted molar refractivity (Wildman–Crippen MR) is 80.7 cm³/mol. The second-order valence-electron chi connectivity index (χ2n) is 4.46. The maximum absolute atomic E-state index is 11.6. The number of benzene rings is 1. The van der Waals surface area contributed by atoms with E-state index in [2.05, 4.69) is 14.8 Å². The Kier molecular flexibility index (Phi) is 6.11. The lowest BCUT2D eigenvalue weighted by Crippen LogP contribution is -2.15. The number of rotatable bonds is 6. The van der Waals surface area contributed by atoms with E-state index in [0.717, 1.165) is 12.3 Å². The second-order valence-corrected chi connectivity index (χ2v) is 6.60. The van der Waals surface area contributed by atoms with Crippen molar-refractivity contribution in [2.75, 3.05) is 25.8 Å². The molecule has 0 saturated heterocycles. The molecule has 0 aromatic heterocycles. The molecular weight excluding hydrogens is 310 g/mol. The summed E-state index contributed by atoms with van der Waals surface area (Å²) in [4.78, 5) is 22.8. The molecule has 22 heavy (non-hydrogen) atoms. The zero-order valence-corrected chi connectivity index (χ0v) is 13.3. The van der Waals surface area contributed by atoms with Crippen molar-refractivity contribution < 1.29 is 27.5 Å². The topological polar surface area (TPSA) is 98.8 Å². The van der Waals surface area contributed by atoms with Crippen molar-refractivity contribution in [3.63, 3.8) is 0 Å². The molecule has 0 aliphatic heterocycles. The van der Waals surface area contributed by atoms with Gasteiger partial charge in [0.25, 0.3) is 0 Å². The van der Waals surface area contributed by atoms with Gasteiger partial charge < -0.3 is 14.8 Å². The molecule has 8 heteroatoms. The number of carbonyl (C=O) groups is 2. The standard InChI is InChI=1S/C14H17NO6S/c1-20-13(16)8-12(14(17)21-2)15-11-6-4-10(5-7-11)9-22(3,18)19/h4-8,15H,9H2,1-3H3/b12-8+.